The maximum atomic E-state index is 12.3. The van der Waals surface area contributed by atoms with E-state index in [1.165, 1.54) is 22.3 Å². The molecule has 8 nitrogen and oxygen atoms in total. The number of amides is 1. The Hall–Kier alpha value is -3.11. The predicted octanol–water partition coefficient (Wildman–Crippen LogP) is 2.91. The average Bonchev–Trinajstić information content (AvgIpc) is 3.05. The molecule has 8 heteroatoms. The molecule has 0 saturated carbocycles. The highest BCUT2D eigenvalue weighted by molar-refractivity contribution is 5.94. The van der Waals surface area contributed by atoms with Crippen LogP contribution in [0.25, 0.3) is 0 Å². The van der Waals surface area contributed by atoms with Crippen molar-refractivity contribution < 1.29 is 4.79 Å². The van der Waals surface area contributed by atoms with Crippen LogP contribution in [0.15, 0.2) is 78.9 Å². The smallest absolute Gasteiger partial charge is 0.251 e. The zero-order valence-corrected chi connectivity index (χ0v) is 25.6. The van der Waals surface area contributed by atoms with E-state index < -0.39 is 0 Å². The fourth-order valence-corrected chi connectivity index (χ4v) is 5.13. The van der Waals surface area contributed by atoms with Crippen LogP contribution >= 0.6 is 0 Å². The third-order valence-electron chi connectivity index (χ3n) is 7.76. The van der Waals surface area contributed by atoms with Gasteiger partial charge >= 0.3 is 0 Å². The molecule has 4 aliphatic heterocycles. The Balaban J connectivity index is 1.24. The molecule has 7 N–H and O–H groups in total. The Kier molecular flexibility index (Phi) is 15.2. The van der Waals surface area contributed by atoms with Gasteiger partial charge in [0.1, 0.15) is 0 Å². The van der Waals surface area contributed by atoms with Gasteiger partial charge in [-0.1, -0.05) is 73.2 Å². The fraction of sp³-hybridized carbons (Fsp3) is 0.457. The maximum Gasteiger partial charge on any atom is 0.251 e. The Morgan fingerprint density at radius 1 is 0.581 bits per heavy atom. The van der Waals surface area contributed by atoms with Crippen molar-refractivity contribution in [3.8, 4) is 0 Å². The van der Waals surface area contributed by atoms with Gasteiger partial charge in [-0.3, -0.25) is 4.79 Å². The first-order valence-corrected chi connectivity index (χ1v) is 16.0. The maximum absolute atomic E-state index is 12.3. The lowest BCUT2D eigenvalue weighted by Crippen LogP contribution is -2.40. The van der Waals surface area contributed by atoms with Crippen molar-refractivity contribution in [2.24, 2.45) is 0 Å². The number of hydrogen-bond donors (Lipinski definition) is 7. The van der Waals surface area contributed by atoms with E-state index in [-0.39, 0.29) is 5.91 Å². The van der Waals surface area contributed by atoms with Gasteiger partial charge < -0.3 is 37.2 Å². The molecule has 4 heterocycles. The SMILES string of the molecule is O=C(NCCCCC1CNCCNCc2ccc(cc2)CNCCNCCNCc2ccc(cc2)CN1)c1ccccc1. The number of hydrogen-bond acceptors (Lipinski definition) is 7. The van der Waals surface area contributed by atoms with Crippen LogP contribution in [0.3, 0.4) is 0 Å². The van der Waals surface area contributed by atoms with E-state index in [4.69, 9.17) is 0 Å². The third-order valence-corrected chi connectivity index (χ3v) is 7.76. The first-order chi connectivity index (χ1) is 21.3. The number of nitrogens with one attached hydrogen (secondary N) is 7. The first-order valence-electron chi connectivity index (χ1n) is 16.0. The van der Waals surface area contributed by atoms with Crippen LogP contribution in [0.1, 0.15) is 51.9 Å². The molecule has 0 saturated heterocycles. The van der Waals surface area contributed by atoms with Crippen LogP contribution in [-0.4, -0.2) is 64.3 Å². The van der Waals surface area contributed by atoms with Gasteiger partial charge in [-0.25, -0.2) is 0 Å². The Morgan fingerprint density at radius 2 is 1.07 bits per heavy atom. The summed E-state index contributed by atoms with van der Waals surface area (Å²) in [4.78, 5) is 12.3. The standard InChI is InChI=1S/C35H51N7O/c43-35(33-6-2-1-3-7-33)41-17-5-4-8-34-28-40-23-22-39-26-30-11-9-29(10-12-30)24-37-20-18-36-19-21-38-25-31-13-15-32(16-14-31)27-42-34/h1-3,6-7,9-16,34,36-40,42H,4-5,8,17-28H2,(H,41,43). The van der Waals surface area contributed by atoms with Gasteiger partial charge in [-0.2, -0.15) is 0 Å². The van der Waals surface area contributed by atoms with E-state index in [1.807, 2.05) is 30.3 Å². The summed E-state index contributed by atoms with van der Waals surface area (Å²) in [6.45, 7) is 10.8. The van der Waals surface area contributed by atoms with Crippen LogP contribution in [0.4, 0.5) is 0 Å². The zero-order valence-electron chi connectivity index (χ0n) is 25.6. The van der Waals surface area contributed by atoms with Gasteiger partial charge in [0.15, 0.2) is 0 Å². The number of benzene rings is 3. The summed E-state index contributed by atoms with van der Waals surface area (Å²) < 4.78 is 0. The van der Waals surface area contributed by atoms with Crippen LogP contribution in [-0.2, 0) is 26.2 Å². The lowest BCUT2D eigenvalue weighted by atomic mass is 10.1. The average molecular weight is 586 g/mol. The summed E-state index contributed by atoms with van der Waals surface area (Å²) in [7, 11) is 0. The van der Waals surface area contributed by atoms with Gasteiger partial charge in [0.2, 0.25) is 0 Å². The van der Waals surface area contributed by atoms with Gasteiger partial charge in [0.25, 0.3) is 5.91 Å². The number of unbranched alkanes of at least 4 members (excludes halogenated alkanes) is 1. The summed E-state index contributed by atoms with van der Waals surface area (Å²) in [5, 5.41) is 24.6. The van der Waals surface area contributed by atoms with Crippen molar-refractivity contribution in [1.82, 2.24) is 37.2 Å². The van der Waals surface area contributed by atoms with Crippen LogP contribution in [0.2, 0.25) is 0 Å². The van der Waals surface area contributed by atoms with Crippen molar-refractivity contribution in [3.05, 3.63) is 107 Å². The molecular weight excluding hydrogens is 534 g/mol. The second-order valence-corrected chi connectivity index (χ2v) is 11.3. The summed E-state index contributed by atoms with van der Waals surface area (Å²) in [6, 6.07) is 27.6. The highest BCUT2D eigenvalue weighted by Gasteiger charge is 2.09. The topological polar surface area (TPSA) is 101 Å². The minimum absolute atomic E-state index is 0.00174. The molecule has 1 amide bonds. The van der Waals surface area contributed by atoms with Gasteiger partial charge in [0, 0.05) is 90.1 Å². The van der Waals surface area contributed by atoms with Crippen LogP contribution in [0.5, 0.6) is 0 Å². The molecule has 232 valence electrons. The minimum Gasteiger partial charge on any atom is -0.352 e. The highest BCUT2D eigenvalue weighted by Crippen LogP contribution is 2.07. The van der Waals surface area contributed by atoms with E-state index in [1.54, 1.807) is 0 Å². The van der Waals surface area contributed by atoms with Crippen molar-refractivity contribution in [1.29, 1.82) is 0 Å². The summed E-state index contributed by atoms with van der Waals surface area (Å²) >= 11 is 0. The van der Waals surface area contributed by atoms with Gasteiger partial charge in [-0.15, -0.1) is 0 Å². The molecule has 4 aliphatic rings. The molecule has 3 aromatic carbocycles. The van der Waals surface area contributed by atoms with Crippen LogP contribution < -0.4 is 37.2 Å². The summed E-state index contributed by atoms with van der Waals surface area (Å²) in [5.74, 6) is 0.00174. The third kappa shape index (κ3) is 13.4. The molecule has 0 radical (unpaired) electrons. The lowest BCUT2D eigenvalue weighted by Gasteiger charge is -2.20. The number of carbonyl (C=O) groups is 1. The summed E-state index contributed by atoms with van der Waals surface area (Å²) in [6.07, 6.45) is 3.07. The molecule has 7 rings (SSSR count). The second-order valence-electron chi connectivity index (χ2n) is 11.3. The van der Waals surface area contributed by atoms with E-state index in [0.717, 1.165) is 91.3 Å². The highest BCUT2D eigenvalue weighted by atomic mass is 16.1. The van der Waals surface area contributed by atoms with Crippen molar-refractivity contribution in [2.45, 2.75) is 51.5 Å². The molecule has 1 atom stereocenters. The van der Waals surface area contributed by atoms with E-state index in [9.17, 15) is 4.79 Å². The second kappa shape index (κ2) is 20.0. The van der Waals surface area contributed by atoms with Crippen LogP contribution in [0, 0.1) is 0 Å². The van der Waals surface area contributed by atoms with E-state index >= 15 is 0 Å². The molecule has 4 bridgehead atoms. The van der Waals surface area contributed by atoms with E-state index in [2.05, 4.69) is 85.7 Å². The van der Waals surface area contributed by atoms with Gasteiger partial charge in [0.05, 0.1) is 0 Å². The monoisotopic (exact) mass is 585 g/mol. The Bertz CT molecular complexity index is 1160. The first kappa shape index (κ1) is 32.8. The van der Waals surface area contributed by atoms with Crippen molar-refractivity contribution >= 4 is 5.91 Å². The van der Waals surface area contributed by atoms with Crippen molar-refractivity contribution in [2.75, 3.05) is 52.4 Å². The Morgan fingerprint density at radius 3 is 1.63 bits per heavy atom. The molecule has 1 unspecified atom stereocenters. The molecule has 0 spiro atoms. The molecular formula is C35H51N7O. The number of rotatable bonds is 6. The lowest BCUT2D eigenvalue weighted by molar-refractivity contribution is 0.0953. The molecule has 3 aromatic rings. The number of carbonyl (C=O) groups excluding carboxylic acids is 1. The molecule has 0 fully saturated rings. The molecule has 0 aliphatic carbocycles. The largest absolute Gasteiger partial charge is 0.352 e. The fourth-order valence-electron chi connectivity index (χ4n) is 5.13. The van der Waals surface area contributed by atoms with Crippen molar-refractivity contribution in [3.63, 3.8) is 0 Å². The normalized spacial score (nSPS) is 18.3. The quantitative estimate of drug-likeness (QED) is 0.224. The summed E-state index contributed by atoms with van der Waals surface area (Å²) in [5.41, 5.74) is 5.95. The molecule has 0 aromatic heterocycles. The molecule has 43 heavy (non-hydrogen) atoms. The minimum atomic E-state index is 0.00174. The Labute approximate surface area is 258 Å². The predicted molar refractivity (Wildman–Crippen MR) is 177 cm³/mol. The van der Waals surface area contributed by atoms with E-state index in [0.29, 0.717) is 18.2 Å². The van der Waals surface area contributed by atoms with Gasteiger partial charge in [-0.05, 0) is 47.2 Å². The zero-order chi connectivity index (χ0) is 29.8.